The minimum absolute atomic E-state index is 0.224. The lowest BCUT2D eigenvalue weighted by molar-refractivity contribution is 0.0688. The number of halogens is 1. The standard InChI is InChI=1S/C15H13ClN2O2/c16-10-3-5-11(6-4-10)18-14-9-2-1-8(7-9)12(14)13(17-18)15(19)20/h3-6,8-9H,1-2,7H2,(H,19,20). The third kappa shape index (κ3) is 1.54. The van der Waals surface area contributed by atoms with Gasteiger partial charge in [0.1, 0.15) is 0 Å². The smallest absolute Gasteiger partial charge is 0.356 e. The molecule has 2 aromatic rings. The number of nitrogens with zero attached hydrogens (tertiary/aromatic N) is 2. The van der Waals surface area contributed by atoms with Crippen LogP contribution in [0.5, 0.6) is 0 Å². The van der Waals surface area contributed by atoms with Gasteiger partial charge in [0.05, 0.1) is 11.4 Å². The van der Waals surface area contributed by atoms with Crippen molar-refractivity contribution in [2.75, 3.05) is 0 Å². The van der Waals surface area contributed by atoms with E-state index in [9.17, 15) is 9.90 Å². The highest BCUT2D eigenvalue weighted by Gasteiger charge is 2.44. The van der Waals surface area contributed by atoms with Crippen LogP contribution in [0.15, 0.2) is 24.3 Å². The lowest BCUT2D eigenvalue weighted by Gasteiger charge is -2.13. The zero-order chi connectivity index (χ0) is 13.9. The summed E-state index contributed by atoms with van der Waals surface area (Å²) in [6.07, 6.45) is 3.29. The van der Waals surface area contributed by atoms with Crippen molar-refractivity contribution in [1.29, 1.82) is 0 Å². The number of carbonyl (C=O) groups is 1. The molecule has 2 atom stereocenters. The van der Waals surface area contributed by atoms with E-state index in [0.29, 0.717) is 16.9 Å². The Kier molecular flexibility index (Phi) is 2.45. The number of aromatic carboxylic acids is 1. The summed E-state index contributed by atoms with van der Waals surface area (Å²) in [7, 11) is 0. The molecule has 0 amide bonds. The molecule has 2 bridgehead atoms. The molecule has 4 rings (SSSR count). The van der Waals surface area contributed by atoms with Gasteiger partial charge in [-0.2, -0.15) is 5.10 Å². The second kappa shape index (κ2) is 4.09. The second-order valence-corrected chi connectivity index (χ2v) is 5.98. The quantitative estimate of drug-likeness (QED) is 0.919. The van der Waals surface area contributed by atoms with Crippen LogP contribution in [-0.2, 0) is 0 Å². The number of rotatable bonds is 2. The van der Waals surface area contributed by atoms with E-state index in [1.165, 1.54) is 0 Å². The van der Waals surface area contributed by atoms with Crippen LogP contribution in [0.1, 0.15) is 52.8 Å². The van der Waals surface area contributed by atoms with Gasteiger partial charge in [-0.15, -0.1) is 0 Å². The summed E-state index contributed by atoms with van der Waals surface area (Å²) in [5.74, 6) is -0.102. The van der Waals surface area contributed by atoms with Crippen molar-refractivity contribution in [3.8, 4) is 5.69 Å². The minimum atomic E-state index is -0.929. The van der Waals surface area contributed by atoms with Gasteiger partial charge in [0.15, 0.2) is 5.69 Å². The van der Waals surface area contributed by atoms with E-state index in [2.05, 4.69) is 5.10 Å². The van der Waals surface area contributed by atoms with Gasteiger partial charge in [-0.25, -0.2) is 9.48 Å². The maximum atomic E-state index is 11.4. The predicted molar refractivity (Wildman–Crippen MR) is 74.9 cm³/mol. The van der Waals surface area contributed by atoms with Crippen LogP contribution < -0.4 is 0 Å². The number of carboxylic acids is 1. The van der Waals surface area contributed by atoms with Gasteiger partial charge < -0.3 is 5.11 Å². The van der Waals surface area contributed by atoms with E-state index in [0.717, 1.165) is 36.2 Å². The Hall–Kier alpha value is -1.81. The zero-order valence-electron chi connectivity index (χ0n) is 10.7. The predicted octanol–water partition coefficient (Wildman–Crippen LogP) is 3.59. The van der Waals surface area contributed by atoms with Crippen LogP contribution in [0, 0.1) is 0 Å². The summed E-state index contributed by atoms with van der Waals surface area (Å²) in [5.41, 5.74) is 3.16. The normalized spacial score (nSPS) is 23.1. The highest BCUT2D eigenvalue weighted by Crippen LogP contribution is 2.54. The van der Waals surface area contributed by atoms with Crippen LogP contribution in [0.25, 0.3) is 5.69 Å². The molecule has 0 radical (unpaired) electrons. The highest BCUT2D eigenvalue weighted by molar-refractivity contribution is 6.30. The highest BCUT2D eigenvalue weighted by atomic mass is 35.5. The van der Waals surface area contributed by atoms with Crippen LogP contribution in [0.4, 0.5) is 0 Å². The van der Waals surface area contributed by atoms with Crippen LogP contribution in [0.3, 0.4) is 0 Å². The molecule has 102 valence electrons. The molecule has 0 aliphatic heterocycles. The molecule has 1 aromatic carbocycles. The molecular formula is C15H13ClN2O2. The van der Waals surface area contributed by atoms with Gasteiger partial charge in [0.25, 0.3) is 0 Å². The fourth-order valence-electron chi connectivity index (χ4n) is 3.67. The first-order chi connectivity index (χ1) is 9.65. The SMILES string of the molecule is O=C(O)c1nn(-c2ccc(Cl)cc2)c2c1C1CCC2C1. The van der Waals surface area contributed by atoms with Crippen LogP contribution >= 0.6 is 11.6 Å². The fraction of sp³-hybridized carbons (Fsp3) is 0.333. The van der Waals surface area contributed by atoms with Crippen molar-refractivity contribution < 1.29 is 9.90 Å². The van der Waals surface area contributed by atoms with Crippen molar-refractivity contribution in [3.05, 3.63) is 46.2 Å². The number of fused-ring (bicyclic) bond motifs is 5. The molecule has 1 heterocycles. The van der Waals surface area contributed by atoms with Crippen molar-refractivity contribution in [3.63, 3.8) is 0 Å². The Morgan fingerprint density at radius 3 is 2.65 bits per heavy atom. The number of hydrogen-bond donors (Lipinski definition) is 1. The van der Waals surface area contributed by atoms with E-state index in [1.807, 2.05) is 12.1 Å². The van der Waals surface area contributed by atoms with Gasteiger partial charge in [-0.1, -0.05) is 11.6 Å². The Labute approximate surface area is 121 Å². The number of benzene rings is 1. The lowest BCUT2D eigenvalue weighted by Crippen LogP contribution is -2.05. The summed E-state index contributed by atoms with van der Waals surface area (Å²) in [4.78, 5) is 11.4. The van der Waals surface area contributed by atoms with Crippen molar-refractivity contribution in [2.45, 2.75) is 31.1 Å². The van der Waals surface area contributed by atoms with E-state index in [1.54, 1.807) is 16.8 Å². The molecule has 2 aliphatic carbocycles. The van der Waals surface area contributed by atoms with Gasteiger partial charge in [0, 0.05) is 16.5 Å². The zero-order valence-corrected chi connectivity index (χ0v) is 11.5. The first-order valence-corrected chi connectivity index (χ1v) is 7.15. The van der Waals surface area contributed by atoms with Gasteiger partial charge in [-0.3, -0.25) is 0 Å². The summed E-state index contributed by atoms with van der Waals surface area (Å²) >= 11 is 5.91. The third-order valence-electron chi connectivity index (χ3n) is 4.46. The van der Waals surface area contributed by atoms with E-state index in [-0.39, 0.29) is 5.69 Å². The molecule has 4 nitrogen and oxygen atoms in total. The van der Waals surface area contributed by atoms with Crippen molar-refractivity contribution in [1.82, 2.24) is 9.78 Å². The average molecular weight is 289 g/mol. The number of aromatic nitrogens is 2. The van der Waals surface area contributed by atoms with Gasteiger partial charge in [0.2, 0.25) is 0 Å². The summed E-state index contributed by atoms with van der Waals surface area (Å²) < 4.78 is 1.80. The maximum absolute atomic E-state index is 11.4. The lowest BCUT2D eigenvalue weighted by atomic mass is 9.95. The Bertz CT molecular complexity index is 705. The van der Waals surface area contributed by atoms with E-state index in [4.69, 9.17) is 11.6 Å². The van der Waals surface area contributed by atoms with Crippen LogP contribution in [-0.4, -0.2) is 20.9 Å². The van der Waals surface area contributed by atoms with E-state index < -0.39 is 5.97 Å². The Balaban J connectivity index is 1.93. The average Bonchev–Trinajstić information content (AvgIpc) is 3.11. The molecule has 0 saturated heterocycles. The molecule has 2 aliphatic rings. The molecule has 1 N–H and O–H groups in total. The minimum Gasteiger partial charge on any atom is -0.476 e. The summed E-state index contributed by atoms with van der Waals surface area (Å²) in [6, 6.07) is 7.37. The molecule has 20 heavy (non-hydrogen) atoms. The molecule has 1 fully saturated rings. The first kappa shape index (κ1) is 12.0. The van der Waals surface area contributed by atoms with E-state index >= 15 is 0 Å². The van der Waals surface area contributed by atoms with Gasteiger partial charge >= 0.3 is 5.97 Å². The Morgan fingerprint density at radius 2 is 1.95 bits per heavy atom. The van der Waals surface area contributed by atoms with Crippen molar-refractivity contribution in [2.24, 2.45) is 0 Å². The van der Waals surface area contributed by atoms with Crippen LogP contribution in [0.2, 0.25) is 5.02 Å². The fourth-order valence-corrected chi connectivity index (χ4v) is 3.79. The monoisotopic (exact) mass is 288 g/mol. The summed E-state index contributed by atoms with van der Waals surface area (Å²) in [6.45, 7) is 0. The van der Waals surface area contributed by atoms with Gasteiger partial charge in [-0.05, 0) is 49.4 Å². The molecular weight excluding hydrogens is 276 g/mol. The molecule has 0 spiro atoms. The number of hydrogen-bond acceptors (Lipinski definition) is 2. The third-order valence-corrected chi connectivity index (χ3v) is 4.71. The molecule has 1 saturated carbocycles. The molecule has 2 unspecified atom stereocenters. The Morgan fingerprint density at radius 1 is 1.25 bits per heavy atom. The molecule has 5 heteroatoms. The first-order valence-electron chi connectivity index (χ1n) is 6.77. The summed E-state index contributed by atoms with van der Waals surface area (Å²) in [5, 5.41) is 14.4. The maximum Gasteiger partial charge on any atom is 0.356 e. The number of carboxylic acid groups (broad SMARTS) is 1. The topological polar surface area (TPSA) is 55.1 Å². The second-order valence-electron chi connectivity index (χ2n) is 5.55. The largest absolute Gasteiger partial charge is 0.476 e. The molecule has 1 aromatic heterocycles. The van der Waals surface area contributed by atoms with Crippen molar-refractivity contribution >= 4 is 17.6 Å².